The summed E-state index contributed by atoms with van der Waals surface area (Å²) in [6.07, 6.45) is 2.42. The van der Waals surface area contributed by atoms with Crippen LogP contribution in [0, 0.1) is 5.82 Å². The molecule has 0 radical (unpaired) electrons. The zero-order valence-corrected chi connectivity index (χ0v) is 10.2. The zero-order chi connectivity index (χ0) is 12.4. The van der Waals surface area contributed by atoms with Gasteiger partial charge in [0.15, 0.2) is 0 Å². The zero-order valence-electron chi connectivity index (χ0n) is 9.40. The van der Waals surface area contributed by atoms with Gasteiger partial charge in [-0.25, -0.2) is 4.39 Å². The molecule has 90 valence electrons. The van der Waals surface area contributed by atoms with Crippen molar-refractivity contribution in [3.05, 3.63) is 52.6 Å². The van der Waals surface area contributed by atoms with E-state index in [-0.39, 0.29) is 11.1 Å². The minimum Gasteiger partial charge on any atom is -0.324 e. The summed E-state index contributed by atoms with van der Waals surface area (Å²) in [6, 6.07) is 6.24. The Morgan fingerprint density at radius 1 is 1.47 bits per heavy atom. The molecule has 0 bridgehead atoms. The molecule has 0 amide bonds. The number of benzene rings is 1. The fourth-order valence-electron chi connectivity index (χ4n) is 1.66. The average Bonchev–Trinajstić information content (AvgIpc) is 2.68. The second-order valence-electron chi connectivity index (χ2n) is 3.96. The van der Waals surface area contributed by atoms with Gasteiger partial charge in [0.05, 0.1) is 10.7 Å². The molecule has 5 heteroatoms. The summed E-state index contributed by atoms with van der Waals surface area (Å²) in [4.78, 5) is 0. The summed E-state index contributed by atoms with van der Waals surface area (Å²) < 4.78 is 15.0. The van der Waals surface area contributed by atoms with Crippen LogP contribution in [0.2, 0.25) is 5.02 Å². The maximum Gasteiger partial charge on any atom is 0.142 e. The maximum atomic E-state index is 13.3. The molecule has 1 atom stereocenters. The molecule has 2 rings (SSSR count). The van der Waals surface area contributed by atoms with Crippen molar-refractivity contribution in [2.75, 3.05) is 0 Å². The van der Waals surface area contributed by atoms with E-state index in [0.29, 0.717) is 6.42 Å². The first-order chi connectivity index (χ1) is 8.06. The Balaban J connectivity index is 2.14. The van der Waals surface area contributed by atoms with Crippen LogP contribution >= 0.6 is 11.6 Å². The number of halogens is 2. The smallest absolute Gasteiger partial charge is 0.142 e. The number of hydrogen-bond donors (Lipinski definition) is 1. The van der Waals surface area contributed by atoms with E-state index in [1.54, 1.807) is 10.7 Å². The minimum atomic E-state index is -0.444. The quantitative estimate of drug-likeness (QED) is 0.913. The van der Waals surface area contributed by atoms with Crippen LogP contribution in [0.25, 0.3) is 0 Å². The van der Waals surface area contributed by atoms with Crippen LogP contribution in [-0.2, 0) is 13.5 Å². The summed E-state index contributed by atoms with van der Waals surface area (Å²) in [5.41, 5.74) is 7.60. The molecule has 0 aliphatic heterocycles. The van der Waals surface area contributed by atoms with Crippen molar-refractivity contribution in [2.45, 2.75) is 12.5 Å². The third kappa shape index (κ3) is 2.84. The van der Waals surface area contributed by atoms with Crippen molar-refractivity contribution >= 4 is 11.6 Å². The molecule has 1 heterocycles. The average molecular weight is 254 g/mol. The minimum absolute atomic E-state index is 0.110. The second-order valence-corrected chi connectivity index (χ2v) is 4.37. The number of nitrogens with zero attached hydrogens (tertiary/aromatic N) is 2. The van der Waals surface area contributed by atoms with Crippen LogP contribution in [-0.4, -0.2) is 9.78 Å². The van der Waals surface area contributed by atoms with Crippen molar-refractivity contribution in [3.8, 4) is 0 Å². The molecule has 0 saturated carbocycles. The molecule has 3 nitrogen and oxygen atoms in total. The van der Waals surface area contributed by atoms with Gasteiger partial charge in [0.1, 0.15) is 5.82 Å². The third-order valence-corrected chi connectivity index (χ3v) is 2.88. The molecular weight excluding hydrogens is 241 g/mol. The van der Waals surface area contributed by atoms with Crippen LogP contribution in [0.15, 0.2) is 30.5 Å². The van der Waals surface area contributed by atoms with E-state index in [4.69, 9.17) is 17.3 Å². The van der Waals surface area contributed by atoms with E-state index >= 15 is 0 Å². The highest BCUT2D eigenvalue weighted by atomic mass is 35.5. The first-order valence-electron chi connectivity index (χ1n) is 5.25. The molecule has 0 fully saturated rings. The number of aryl methyl sites for hydroxylation is 1. The van der Waals surface area contributed by atoms with Crippen molar-refractivity contribution in [1.29, 1.82) is 0 Å². The summed E-state index contributed by atoms with van der Waals surface area (Å²) >= 11 is 5.62. The van der Waals surface area contributed by atoms with Gasteiger partial charge in [-0.3, -0.25) is 4.68 Å². The summed E-state index contributed by atoms with van der Waals surface area (Å²) in [5, 5.41) is 4.34. The Morgan fingerprint density at radius 2 is 2.24 bits per heavy atom. The van der Waals surface area contributed by atoms with Crippen molar-refractivity contribution in [1.82, 2.24) is 9.78 Å². The standard InChI is InChI=1S/C12H13ClFN3/c1-17-5-4-9(16-17)7-12(15)8-2-3-10(13)11(14)6-8/h2-6,12H,7,15H2,1H3. The predicted octanol–water partition coefficient (Wildman–Crippen LogP) is 2.46. The first-order valence-corrected chi connectivity index (χ1v) is 5.63. The van der Waals surface area contributed by atoms with Gasteiger partial charge in [0.2, 0.25) is 0 Å². The van der Waals surface area contributed by atoms with E-state index in [9.17, 15) is 4.39 Å². The van der Waals surface area contributed by atoms with E-state index in [2.05, 4.69) is 5.10 Å². The Morgan fingerprint density at radius 3 is 2.82 bits per heavy atom. The highest BCUT2D eigenvalue weighted by Gasteiger charge is 2.11. The number of aromatic nitrogens is 2. The van der Waals surface area contributed by atoms with Crippen LogP contribution in [0.5, 0.6) is 0 Å². The lowest BCUT2D eigenvalue weighted by atomic mass is 10.0. The van der Waals surface area contributed by atoms with Gasteiger partial charge in [-0.15, -0.1) is 0 Å². The summed E-state index contributed by atoms with van der Waals surface area (Å²) in [7, 11) is 1.84. The lowest BCUT2D eigenvalue weighted by Crippen LogP contribution is -2.14. The van der Waals surface area contributed by atoms with Gasteiger partial charge in [-0.05, 0) is 23.8 Å². The van der Waals surface area contributed by atoms with Crippen molar-refractivity contribution < 1.29 is 4.39 Å². The van der Waals surface area contributed by atoms with Crippen molar-refractivity contribution in [2.24, 2.45) is 12.8 Å². The first kappa shape index (κ1) is 12.1. The van der Waals surface area contributed by atoms with Crippen LogP contribution in [0.4, 0.5) is 4.39 Å². The van der Waals surface area contributed by atoms with E-state index in [0.717, 1.165) is 11.3 Å². The highest BCUT2D eigenvalue weighted by Crippen LogP contribution is 2.21. The number of nitrogens with two attached hydrogens (primary N) is 1. The molecule has 2 aromatic rings. The topological polar surface area (TPSA) is 43.8 Å². The Labute approximate surface area is 104 Å². The molecule has 0 saturated heterocycles. The molecule has 1 unspecified atom stereocenters. The monoisotopic (exact) mass is 253 g/mol. The summed E-state index contributed by atoms with van der Waals surface area (Å²) in [6.45, 7) is 0. The fraction of sp³-hybridized carbons (Fsp3) is 0.250. The van der Waals surface area contributed by atoms with Gasteiger partial charge in [-0.2, -0.15) is 5.10 Å². The van der Waals surface area contributed by atoms with Crippen LogP contribution < -0.4 is 5.73 Å². The molecule has 0 aliphatic carbocycles. The van der Waals surface area contributed by atoms with Gasteiger partial charge in [-0.1, -0.05) is 17.7 Å². The van der Waals surface area contributed by atoms with Crippen molar-refractivity contribution in [3.63, 3.8) is 0 Å². The van der Waals surface area contributed by atoms with Gasteiger partial charge in [0.25, 0.3) is 0 Å². The Kier molecular flexibility index (Phi) is 3.45. The van der Waals surface area contributed by atoms with Crippen LogP contribution in [0.1, 0.15) is 17.3 Å². The van der Waals surface area contributed by atoms with Crippen LogP contribution in [0.3, 0.4) is 0 Å². The molecular formula is C12H13ClFN3. The highest BCUT2D eigenvalue weighted by molar-refractivity contribution is 6.30. The largest absolute Gasteiger partial charge is 0.324 e. The van der Waals surface area contributed by atoms with E-state index in [1.165, 1.54) is 12.1 Å². The predicted molar refractivity (Wildman–Crippen MR) is 65.3 cm³/mol. The lowest BCUT2D eigenvalue weighted by molar-refractivity contribution is 0.616. The molecule has 2 N–H and O–H groups in total. The molecule has 0 spiro atoms. The van der Waals surface area contributed by atoms with Gasteiger partial charge in [0, 0.05) is 25.7 Å². The Bertz CT molecular complexity index is 524. The SMILES string of the molecule is Cn1ccc(CC(N)c2ccc(Cl)c(F)c2)n1. The van der Waals surface area contributed by atoms with Gasteiger partial charge >= 0.3 is 0 Å². The summed E-state index contributed by atoms with van der Waals surface area (Å²) in [5.74, 6) is -0.444. The van der Waals surface area contributed by atoms with Gasteiger partial charge < -0.3 is 5.73 Å². The third-order valence-electron chi connectivity index (χ3n) is 2.57. The lowest BCUT2D eigenvalue weighted by Gasteiger charge is -2.10. The molecule has 1 aromatic carbocycles. The normalized spacial score (nSPS) is 12.7. The maximum absolute atomic E-state index is 13.3. The fourth-order valence-corrected chi connectivity index (χ4v) is 1.78. The number of rotatable bonds is 3. The number of hydrogen-bond acceptors (Lipinski definition) is 2. The van der Waals surface area contributed by atoms with E-state index in [1.807, 2.05) is 19.3 Å². The molecule has 0 aliphatic rings. The molecule has 1 aromatic heterocycles. The van der Waals surface area contributed by atoms with E-state index < -0.39 is 5.82 Å². The Hall–Kier alpha value is -1.39. The second kappa shape index (κ2) is 4.85. The molecule has 17 heavy (non-hydrogen) atoms.